The minimum atomic E-state index is -0.963. The molecule has 1 amide bonds. The predicted molar refractivity (Wildman–Crippen MR) is 100 cm³/mol. The average Bonchev–Trinajstić information content (AvgIpc) is 2.91. The summed E-state index contributed by atoms with van der Waals surface area (Å²) in [6.45, 7) is 0.290. The van der Waals surface area contributed by atoms with Gasteiger partial charge in [-0.3, -0.25) is 4.79 Å². The maximum Gasteiger partial charge on any atom is 0.335 e. The molecule has 7 heteroatoms. The van der Waals surface area contributed by atoms with Gasteiger partial charge in [-0.05, 0) is 29.8 Å². The van der Waals surface area contributed by atoms with E-state index < -0.39 is 5.97 Å². The molecule has 25 heavy (non-hydrogen) atoms. The molecule has 1 aliphatic rings. The molecular weight excluding hydrogens is 358 g/mol. The highest BCUT2D eigenvalue weighted by Gasteiger charge is 2.22. The number of ether oxygens (including phenoxy) is 1. The zero-order valence-electron chi connectivity index (χ0n) is 12.9. The Morgan fingerprint density at radius 3 is 2.56 bits per heavy atom. The lowest BCUT2D eigenvalue weighted by molar-refractivity contribution is -0.115. The van der Waals surface area contributed by atoms with Gasteiger partial charge in [0.2, 0.25) is 0 Å². The van der Waals surface area contributed by atoms with Crippen LogP contribution in [-0.4, -0.2) is 21.3 Å². The number of carbonyl (C=O) groups excluding carboxylic acids is 1. The summed E-state index contributed by atoms with van der Waals surface area (Å²) in [5.41, 5.74) is 1.85. The molecule has 0 aromatic heterocycles. The molecule has 126 valence electrons. The van der Waals surface area contributed by atoms with Crippen LogP contribution < -0.4 is 10.1 Å². The minimum absolute atomic E-state index is 0.214. The first-order valence-corrected chi connectivity index (χ1v) is 8.54. The Morgan fingerprint density at radius 1 is 1.20 bits per heavy atom. The Balaban J connectivity index is 1.75. The zero-order chi connectivity index (χ0) is 17.8. The van der Waals surface area contributed by atoms with E-state index in [1.165, 1.54) is 23.9 Å². The lowest BCUT2D eigenvalue weighted by Gasteiger charge is -2.10. The molecule has 5 nitrogen and oxygen atoms in total. The molecule has 1 fully saturated rings. The largest absolute Gasteiger partial charge is 0.488 e. The van der Waals surface area contributed by atoms with Crippen LogP contribution in [0.5, 0.6) is 5.75 Å². The van der Waals surface area contributed by atoms with Crippen LogP contribution in [-0.2, 0) is 11.4 Å². The fourth-order valence-corrected chi connectivity index (χ4v) is 3.23. The summed E-state index contributed by atoms with van der Waals surface area (Å²) in [4.78, 5) is 23.2. The molecule has 0 saturated carbocycles. The van der Waals surface area contributed by atoms with E-state index in [9.17, 15) is 9.59 Å². The molecule has 0 spiro atoms. The second kappa shape index (κ2) is 7.50. The second-order valence-electron chi connectivity index (χ2n) is 5.18. The van der Waals surface area contributed by atoms with E-state index in [-0.39, 0.29) is 18.1 Å². The number of hydrogen-bond donors (Lipinski definition) is 2. The first-order chi connectivity index (χ1) is 12.0. The fourth-order valence-electron chi connectivity index (χ4n) is 2.20. The summed E-state index contributed by atoms with van der Waals surface area (Å²) in [5.74, 6) is -0.549. The number of nitrogens with one attached hydrogen (secondary N) is 1. The van der Waals surface area contributed by atoms with E-state index in [4.69, 9.17) is 22.1 Å². The van der Waals surface area contributed by atoms with Crippen LogP contribution in [0, 0.1) is 0 Å². The standard InChI is InChI=1S/C18H13NO4S2/c20-16-15(25-18(24)19-16)9-13-3-1-2-4-14(13)23-10-11-5-7-12(8-6-11)17(21)22/h1-9H,10H2,(H,21,22)(H,19,20,24). The quantitative estimate of drug-likeness (QED) is 0.619. The van der Waals surface area contributed by atoms with E-state index in [1.807, 2.05) is 24.3 Å². The molecule has 1 heterocycles. The molecule has 2 aromatic carbocycles. The first kappa shape index (κ1) is 17.2. The van der Waals surface area contributed by atoms with Gasteiger partial charge in [-0.1, -0.05) is 54.3 Å². The van der Waals surface area contributed by atoms with Crippen LogP contribution in [0.4, 0.5) is 0 Å². The van der Waals surface area contributed by atoms with Crippen LogP contribution in [0.1, 0.15) is 21.5 Å². The highest BCUT2D eigenvalue weighted by atomic mass is 32.2. The number of carboxylic acids is 1. The van der Waals surface area contributed by atoms with Gasteiger partial charge in [0.1, 0.15) is 16.7 Å². The van der Waals surface area contributed by atoms with Crippen LogP contribution in [0.25, 0.3) is 6.08 Å². The van der Waals surface area contributed by atoms with E-state index in [2.05, 4.69) is 5.32 Å². The second-order valence-corrected chi connectivity index (χ2v) is 6.90. The van der Waals surface area contributed by atoms with Crippen molar-refractivity contribution in [1.82, 2.24) is 5.32 Å². The number of carbonyl (C=O) groups is 2. The summed E-state index contributed by atoms with van der Waals surface area (Å²) in [7, 11) is 0. The molecule has 0 bridgehead atoms. The number of rotatable bonds is 5. The topological polar surface area (TPSA) is 75.6 Å². The number of carboxylic acid groups (broad SMARTS) is 1. The van der Waals surface area contributed by atoms with Gasteiger partial charge >= 0.3 is 5.97 Å². The van der Waals surface area contributed by atoms with Crippen molar-refractivity contribution in [2.45, 2.75) is 6.61 Å². The van der Waals surface area contributed by atoms with E-state index >= 15 is 0 Å². The van der Waals surface area contributed by atoms with E-state index in [1.54, 1.807) is 18.2 Å². The highest BCUT2D eigenvalue weighted by molar-refractivity contribution is 8.26. The van der Waals surface area contributed by atoms with E-state index in [0.717, 1.165) is 11.1 Å². The smallest absolute Gasteiger partial charge is 0.335 e. The zero-order valence-corrected chi connectivity index (χ0v) is 14.5. The van der Waals surface area contributed by atoms with Gasteiger partial charge in [0.15, 0.2) is 0 Å². The fraction of sp³-hybridized carbons (Fsp3) is 0.0556. The van der Waals surface area contributed by atoms with Crippen LogP contribution in [0.2, 0.25) is 0 Å². The van der Waals surface area contributed by atoms with Crippen molar-refractivity contribution in [1.29, 1.82) is 0 Å². The van der Waals surface area contributed by atoms with Gasteiger partial charge in [0.05, 0.1) is 10.5 Å². The SMILES string of the molecule is O=C1NC(=S)SC1=Cc1ccccc1OCc1ccc(C(=O)O)cc1. The van der Waals surface area contributed by atoms with Gasteiger partial charge < -0.3 is 15.2 Å². The molecular formula is C18H13NO4S2. The van der Waals surface area contributed by atoms with Crippen LogP contribution in [0.15, 0.2) is 53.4 Å². The Morgan fingerprint density at radius 2 is 1.92 bits per heavy atom. The van der Waals surface area contributed by atoms with E-state index in [0.29, 0.717) is 15.0 Å². The first-order valence-electron chi connectivity index (χ1n) is 7.32. The van der Waals surface area contributed by atoms with Crippen LogP contribution >= 0.6 is 24.0 Å². The highest BCUT2D eigenvalue weighted by Crippen LogP contribution is 2.29. The number of thiocarbonyl (C=S) groups is 1. The molecule has 0 aliphatic carbocycles. The average molecular weight is 371 g/mol. The normalized spacial score (nSPS) is 15.3. The molecule has 0 radical (unpaired) electrons. The summed E-state index contributed by atoms with van der Waals surface area (Å²) >= 11 is 6.20. The van der Waals surface area contributed by atoms with Gasteiger partial charge in [0.25, 0.3) is 5.91 Å². The number of hydrogen-bond acceptors (Lipinski definition) is 5. The van der Waals surface area contributed by atoms with Gasteiger partial charge in [0, 0.05) is 5.56 Å². The number of para-hydroxylation sites is 1. The van der Waals surface area contributed by atoms with Crippen molar-refractivity contribution in [2.75, 3.05) is 0 Å². The van der Waals surface area contributed by atoms with Crippen molar-refractivity contribution < 1.29 is 19.4 Å². The number of thioether (sulfide) groups is 1. The molecule has 0 unspecified atom stereocenters. The molecule has 2 aromatic rings. The summed E-state index contributed by atoms with van der Waals surface area (Å²) < 4.78 is 6.27. The minimum Gasteiger partial charge on any atom is -0.488 e. The third kappa shape index (κ3) is 4.26. The molecule has 0 atom stereocenters. The van der Waals surface area contributed by atoms with Gasteiger partial charge in [-0.2, -0.15) is 0 Å². The molecule has 2 N–H and O–H groups in total. The summed E-state index contributed by atoms with van der Waals surface area (Å²) in [6, 6.07) is 13.9. The monoisotopic (exact) mass is 371 g/mol. The number of benzene rings is 2. The van der Waals surface area contributed by atoms with Crippen molar-refractivity contribution in [3.63, 3.8) is 0 Å². The number of amides is 1. The Hall–Kier alpha value is -2.64. The summed E-state index contributed by atoms with van der Waals surface area (Å²) in [6.07, 6.45) is 1.74. The van der Waals surface area contributed by atoms with Crippen LogP contribution in [0.3, 0.4) is 0 Å². The Bertz CT molecular complexity index is 875. The lowest BCUT2D eigenvalue weighted by Crippen LogP contribution is -2.17. The lowest BCUT2D eigenvalue weighted by atomic mass is 10.1. The van der Waals surface area contributed by atoms with Gasteiger partial charge in [-0.25, -0.2) is 4.79 Å². The van der Waals surface area contributed by atoms with Crippen molar-refractivity contribution in [3.05, 3.63) is 70.1 Å². The van der Waals surface area contributed by atoms with Crippen molar-refractivity contribution >= 4 is 46.3 Å². The molecule has 1 saturated heterocycles. The molecule has 1 aliphatic heterocycles. The van der Waals surface area contributed by atoms with Crippen molar-refractivity contribution in [2.24, 2.45) is 0 Å². The number of aromatic carboxylic acids is 1. The maximum atomic E-state index is 11.8. The Kier molecular flexibility index (Phi) is 5.16. The van der Waals surface area contributed by atoms with Gasteiger partial charge in [-0.15, -0.1) is 0 Å². The maximum absolute atomic E-state index is 11.8. The third-order valence-corrected chi connectivity index (χ3v) is 4.61. The Labute approximate surface area is 153 Å². The predicted octanol–water partition coefficient (Wildman–Crippen LogP) is 3.45. The van der Waals surface area contributed by atoms with Crippen molar-refractivity contribution in [3.8, 4) is 5.75 Å². The molecule has 3 rings (SSSR count). The third-order valence-electron chi connectivity index (χ3n) is 3.44. The summed E-state index contributed by atoms with van der Waals surface area (Å²) in [5, 5.41) is 11.5.